The largest absolute Gasteiger partial charge is 0.457 e. The fraction of sp³-hybridized carbons (Fsp3) is 0.267. The molecule has 1 fully saturated rings. The Morgan fingerprint density at radius 3 is 2.33 bits per heavy atom. The van der Waals surface area contributed by atoms with Crippen molar-refractivity contribution in [1.82, 2.24) is 4.90 Å². The maximum absolute atomic E-state index is 12.4. The van der Waals surface area contributed by atoms with Gasteiger partial charge < -0.3 is 14.2 Å². The maximum Gasteiger partial charge on any atom is 0.258 e. The topological polar surface area (TPSA) is 36.7 Å². The first-order valence-corrected chi connectivity index (χ1v) is 7.85. The van der Waals surface area contributed by atoms with Crippen molar-refractivity contribution < 1.29 is 9.21 Å². The van der Waals surface area contributed by atoms with Crippen LogP contribution in [0.25, 0.3) is 0 Å². The van der Waals surface area contributed by atoms with E-state index < -0.39 is 0 Å². The van der Waals surface area contributed by atoms with E-state index in [1.54, 1.807) is 6.07 Å². The number of anilines is 1. The maximum atomic E-state index is 12.4. The number of benzene rings is 1. The van der Waals surface area contributed by atoms with Crippen LogP contribution >= 0.6 is 27.5 Å². The van der Waals surface area contributed by atoms with Gasteiger partial charge in [0.2, 0.25) is 0 Å². The van der Waals surface area contributed by atoms with Gasteiger partial charge in [-0.25, -0.2) is 0 Å². The van der Waals surface area contributed by atoms with Crippen LogP contribution in [0, 0.1) is 0 Å². The molecule has 2 aromatic rings. The van der Waals surface area contributed by atoms with Crippen LogP contribution in [0.1, 0.15) is 10.4 Å². The molecule has 1 amide bonds. The molecule has 0 atom stereocenters. The summed E-state index contributed by atoms with van der Waals surface area (Å²) in [4.78, 5) is 16.5. The van der Waals surface area contributed by atoms with Crippen molar-refractivity contribution in [1.29, 1.82) is 0 Å². The molecule has 0 bridgehead atoms. The van der Waals surface area contributed by atoms with Gasteiger partial charge in [-0.15, -0.1) is 0 Å². The standard InChI is InChI=1S/C15H14BrClN2O2/c16-14-13(5-10-21-14)15(20)19-8-6-18(7-9-19)12-3-1-11(17)2-4-12/h1-5,10H,6-9H2. The summed E-state index contributed by atoms with van der Waals surface area (Å²) in [5.41, 5.74) is 1.71. The molecule has 0 spiro atoms. The highest BCUT2D eigenvalue weighted by molar-refractivity contribution is 9.10. The number of furan rings is 1. The lowest BCUT2D eigenvalue weighted by Crippen LogP contribution is -2.48. The van der Waals surface area contributed by atoms with Crippen LogP contribution in [0.3, 0.4) is 0 Å². The second-order valence-electron chi connectivity index (χ2n) is 4.86. The SMILES string of the molecule is O=C(c1ccoc1Br)N1CCN(c2ccc(Cl)cc2)CC1. The number of nitrogens with zero attached hydrogens (tertiary/aromatic N) is 2. The number of rotatable bonds is 2. The molecule has 6 heteroatoms. The van der Waals surface area contributed by atoms with Crippen LogP contribution in [0.15, 0.2) is 45.7 Å². The minimum absolute atomic E-state index is 0.00591. The Kier molecular flexibility index (Phi) is 4.22. The molecule has 1 saturated heterocycles. The van der Waals surface area contributed by atoms with E-state index in [9.17, 15) is 4.79 Å². The van der Waals surface area contributed by atoms with E-state index in [0.717, 1.165) is 23.8 Å². The van der Waals surface area contributed by atoms with Crippen LogP contribution in [0.5, 0.6) is 0 Å². The molecular formula is C15H14BrClN2O2. The van der Waals surface area contributed by atoms with E-state index in [1.807, 2.05) is 29.2 Å². The molecule has 0 N–H and O–H groups in total. The zero-order valence-electron chi connectivity index (χ0n) is 11.3. The zero-order chi connectivity index (χ0) is 14.8. The molecule has 110 valence electrons. The molecule has 3 rings (SSSR count). The van der Waals surface area contributed by atoms with Crippen molar-refractivity contribution in [3.05, 3.63) is 51.9 Å². The molecule has 1 aromatic carbocycles. The molecule has 4 nitrogen and oxygen atoms in total. The Hall–Kier alpha value is -1.46. The Morgan fingerprint density at radius 2 is 1.76 bits per heavy atom. The summed E-state index contributed by atoms with van der Waals surface area (Å²) >= 11 is 9.15. The van der Waals surface area contributed by atoms with E-state index in [-0.39, 0.29) is 5.91 Å². The highest BCUT2D eigenvalue weighted by atomic mass is 79.9. The molecule has 0 unspecified atom stereocenters. The van der Waals surface area contributed by atoms with Gasteiger partial charge in [0.05, 0.1) is 11.8 Å². The number of piperazine rings is 1. The normalized spacial score (nSPS) is 15.3. The highest BCUT2D eigenvalue weighted by Crippen LogP contribution is 2.22. The van der Waals surface area contributed by atoms with Crippen molar-refractivity contribution in [3.63, 3.8) is 0 Å². The van der Waals surface area contributed by atoms with Crippen LogP contribution in [0.2, 0.25) is 5.02 Å². The second-order valence-corrected chi connectivity index (χ2v) is 6.02. The van der Waals surface area contributed by atoms with E-state index in [4.69, 9.17) is 16.0 Å². The van der Waals surface area contributed by atoms with Crippen LogP contribution in [-0.2, 0) is 0 Å². The number of amides is 1. The average Bonchev–Trinajstić information content (AvgIpc) is 2.94. The third-order valence-corrected chi connectivity index (χ3v) is 4.47. The third kappa shape index (κ3) is 3.09. The van der Waals surface area contributed by atoms with Gasteiger partial charge in [-0.1, -0.05) is 11.6 Å². The minimum Gasteiger partial charge on any atom is -0.457 e. The molecule has 21 heavy (non-hydrogen) atoms. The number of halogens is 2. The number of hydrogen-bond acceptors (Lipinski definition) is 3. The predicted octanol–water partition coefficient (Wildman–Crippen LogP) is 3.66. The molecule has 1 aliphatic rings. The molecule has 0 saturated carbocycles. The summed E-state index contributed by atoms with van der Waals surface area (Å²) in [6, 6.07) is 9.48. The molecule has 0 radical (unpaired) electrons. The summed E-state index contributed by atoms with van der Waals surface area (Å²) in [6.07, 6.45) is 1.52. The number of carbonyl (C=O) groups excluding carboxylic acids is 1. The lowest BCUT2D eigenvalue weighted by molar-refractivity contribution is 0.0745. The Balaban J connectivity index is 1.64. The van der Waals surface area contributed by atoms with Gasteiger partial charge in [0.25, 0.3) is 5.91 Å². The minimum atomic E-state index is 0.00591. The van der Waals surface area contributed by atoms with Crippen molar-refractivity contribution in [2.24, 2.45) is 0 Å². The van der Waals surface area contributed by atoms with Gasteiger partial charge in [0.15, 0.2) is 4.67 Å². The van der Waals surface area contributed by atoms with E-state index in [1.165, 1.54) is 6.26 Å². The average molecular weight is 370 g/mol. The molecule has 1 aromatic heterocycles. The van der Waals surface area contributed by atoms with Crippen molar-refractivity contribution in [3.8, 4) is 0 Å². The van der Waals surface area contributed by atoms with Gasteiger partial charge >= 0.3 is 0 Å². The summed E-state index contributed by atoms with van der Waals surface area (Å²) in [5.74, 6) is 0.00591. The van der Waals surface area contributed by atoms with Crippen LogP contribution < -0.4 is 4.90 Å². The third-order valence-electron chi connectivity index (χ3n) is 3.61. The van der Waals surface area contributed by atoms with E-state index in [2.05, 4.69) is 20.8 Å². The zero-order valence-corrected chi connectivity index (χ0v) is 13.6. The van der Waals surface area contributed by atoms with Gasteiger partial charge in [-0.2, -0.15) is 0 Å². The number of carbonyl (C=O) groups is 1. The van der Waals surface area contributed by atoms with Gasteiger partial charge in [0.1, 0.15) is 0 Å². The first kappa shape index (κ1) is 14.5. The predicted molar refractivity (Wildman–Crippen MR) is 86.0 cm³/mol. The lowest BCUT2D eigenvalue weighted by atomic mass is 10.2. The molecular weight excluding hydrogens is 356 g/mol. The van der Waals surface area contributed by atoms with Gasteiger partial charge in [-0.05, 0) is 46.3 Å². The molecule has 2 heterocycles. The summed E-state index contributed by atoms with van der Waals surface area (Å²) in [5, 5.41) is 0.734. The Labute approximate surface area is 136 Å². The van der Waals surface area contributed by atoms with Crippen LogP contribution in [-0.4, -0.2) is 37.0 Å². The lowest BCUT2D eigenvalue weighted by Gasteiger charge is -2.36. The van der Waals surface area contributed by atoms with Gasteiger partial charge in [0, 0.05) is 36.9 Å². The monoisotopic (exact) mass is 368 g/mol. The summed E-state index contributed by atoms with van der Waals surface area (Å²) in [6.45, 7) is 3.00. The molecule has 0 aliphatic carbocycles. The smallest absolute Gasteiger partial charge is 0.258 e. The van der Waals surface area contributed by atoms with E-state index >= 15 is 0 Å². The first-order valence-electron chi connectivity index (χ1n) is 6.68. The van der Waals surface area contributed by atoms with Crippen molar-refractivity contribution in [2.75, 3.05) is 31.1 Å². The molecule has 1 aliphatic heterocycles. The van der Waals surface area contributed by atoms with Crippen molar-refractivity contribution >= 4 is 39.1 Å². The highest BCUT2D eigenvalue weighted by Gasteiger charge is 2.24. The fourth-order valence-corrected chi connectivity index (χ4v) is 2.97. The first-order chi connectivity index (χ1) is 10.1. The van der Waals surface area contributed by atoms with Gasteiger partial charge in [-0.3, -0.25) is 4.79 Å². The van der Waals surface area contributed by atoms with Crippen LogP contribution in [0.4, 0.5) is 5.69 Å². The second kappa shape index (κ2) is 6.12. The number of hydrogen-bond donors (Lipinski definition) is 0. The fourth-order valence-electron chi connectivity index (χ4n) is 2.44. The summed E-state index contributed by atoms with van der Waals surface area (Å²) < 4.78 is 5.62. The van der Waals surface area contributed by atoms with Crippen molar-refractivity contribution in [2.45, 2.75) is 0 Å². The Morgan fingerprint density at radius 1 is 1.10 bits per heavy atom. The Bertz CT molecular complexity index is 633. The summed E-state index contributed by atoms with van der Waals surface area (Å²) in [7, 11) is 0. The van der Waals surface area contributed by atoms with E-state index in [0.29, 0.717) is 23.3 Å². The quantitative estimate of drug-likeness (QED) is 0.810.